The highest BCUT2D eigenvalue weighted by Crippen LogP contribution is 2.21. The van der Waals surface area contributed by atoms with E-state index in [9.17, 15) is 0 Å². The van der Waals surface area contributed by atoms with Crippen LogP contribution in [0.5, 0.6) is 5.75 Å². The molecule has 0 aromatic heterocycles. The van der Waals surface area contributed by atoms with E-state index in [0.29, 0.717) is 11.8 Å². The molecule has 0 aliphatic carbocycles. The maximum absolute atomic E-state index is 5.79. The number of hydrogen-bond acceptors (Lipinski definition) is 1. The monoisotopic (exact) mass is 234 g/mol. The van der Waals surface area contributed by atoms with Gasteiger partial charge in [-0.3, -0.25) is 0 Å². The Balaban J connectivity index is 2.45. The third kappa shape index (κ3) is 4.80. The van der Waals surface area contributed by atoms with Crippen LogP contribution in [0.2, 0.25) is 0 Å². The van der Waals surface area contributed by atoms with Gasteiger partial charge >= 0.3 is 0 Å². The van der Waals surface area contributed by atoms with Gasteiger partial charge in [0, 0.05) is 0 Å². The predicted molar refractivity (Wildman–Crippen MR) is 74.7 cm³/mol. The van der Waals surface area contributed by atoms with Crippen molar-refractivity contribution in [2.75, 3.05) is 6.61 Å². The van der Waals surface area contributed by atoms with Crippen LogP contribution in [-0.2, 0) is 0 Å². The van der Waals surface area contributed by atoms with E-state index in [-0.39, 0.29) is 0 Å². The molecule has 1 heteroatoms. The van der Waals surface area contributed by atoms with E-state index in [1.165, 1.54) is 24.8 Å². The van der Waals surface area contributed by atoms with Gasteiger partial charge in [-0.25, -0.2) is 0 Å². The lowest BCUT2D eigenvalue weighted by atomic mass is 9.99. The molecule has 0 saturated carbocycles. The number of ether oxygens (including phenoxy) is 1. The van der Waals surface area contributed by atoms with Gasteiger partial charge in [0.1, 0.15) is 5.75 Å². The summed E-state index contributed by atoms with van der Waals surface area (Å²) < 4.78 is 5.79. The van der Waals surface area contributed by atoms with Crippen LogP contribution in [0.4, 0.5) is 0 Å². The Morgan fingerprint density at radius 1 is 1.06 bits per heavy atom. The van der Waals surface area contributed by atoms with Gasteiger partial charge < -0.3 is 4.74 Å². The Morgan fingerprint density at radius 3 is 2.24 bits per heavy atom. The lowest BCUT2D eigenvalue weighted by Crippen LogP contribution is -2.08. The second-order valence-electron chi connectivity index (χ2n) is 5.08. The van der Waals surface area contributed by atoms with Gasteiger partial charge in [-0.05, 0) is 42.4 Å². The molecule has 96 valence electrons. The van der Waals surface area contributed by atoms with Gasteiger partial charge in [-0.1, -0.05) is 46.2 Å². The van der Waals surface area contributed by atoms with Crippen LogP contribution in [0.1, 0.15) is 58.4 Å². The highest BCUT2D eigenvalue weighted by Gasteiger charge is 2.04. The lowest BCUT2D eigenvalue weighted by Gasteiger charge is -2.13. The molecule has 0 heterocycles. The van der Waals surface area contributed by atoms with Crippen LogP contribution in [0.3, 0.4) is 0 Å². The van der Waals surface area contributed by atoms with Gasteiger partial charge in [0.25, 0.3) is 0 Å². The van der Waals surface area contributed by atoms with Crippen LogP contribution >= 0.6 is 0 Å². The summed E-state index contributed by atoms with van der Waals surface area (Å²) in [6.45, 7) is 9.78. The molecule has 0 bridgehead atoms. The Morgan fingerprint density at radius 2 is 1.71 bits per heavy atom. The summed E-state index contributed by atoms with van der Waals surface area (Å²) in [6.07, 6.45) is 3.66. The van der Waals surface area contributed by atoms with E-state index in [2.05, 4.69) is 52.0 Å². The molecular formula is C16H26O. The maximum Gasteiger partial charge on any atom is 0.119 e. The Hall–Kier alpha value is -0.980. The minimum atomic E-state index is 0.642. The molecule has 17 heavy (non-hydrogen) atoms. The molecule has 0 aliphatic heterocycles. The van der Waals surface area contributed by atoms with Crippen LogP contribution in [0.15, 0.2) is 24.3 Å². The fraction of sp³-hybridized carbons (Fsp3) is 0.625. The first kappa shape index (κ1) is 14.1. The first-order valence-corrected chi connectivity index (χ1v) is 6.90. The number of hydrogen-bond donors (Lipinski definition) is 0. The van der Waals surface area contributed by atoms with Crippen molar-refractivity contribution in [3.63, 3.8) is 0 Å². The smallest absolute Gasteiger partial charge is 0.119 e. The minimum Gasteiger partial charge on any atom is -0.493 e. The first-order valence-electron chi connectivity index (χ1n) is 6.90. The summed E-state index contributed by atoms with van der Waals surface area (Å²) in [5.41, 5.74) is 1.40. The zero-order chi connectivity index (χ0) is 12.7. The standard InChI is InChI=1S/C16H26O/c1-5-7-13(3)12-17-16-10-8-15(9-11-16)14(4)6-2/h8-11,13-14H,5-7,12H2,1-4H3. The Kier molecular flexibility index (Phi) is 6.10. The summed E-state index contributed by atoms with van der Waals surface area (Å²) >= 11 is 0. The minimum absolute atomic E-state index is 0.642. The third-order valence-corrected chi connectivity index (χ3v) is 3.38. The SMILES string of the molecule is CCCC(C)COc1ccc(C(C)CC)cc1. The summed E-state index contributed by atoms with van der Waals surface area (Å²) in [4.78, 5) is 0. The summed E-state index contributed by atoms with van der Waals surface area (Å²) in [5.74, 6) is 2.29. The number of benzene rings is 1. The lowest BCUT2D eigenvalue weighted by molar-refractivity contribution is 0.251. The van der Waals surface area contributed by atoms with Crippen molar-refractivity contribution in [3.8, 4) is 5.75 Å². The van der Waals surface area contributed by atoms with Crippen molar-refractivity contribution >= 4 is 0 Å². The van der Waals surface area contributed by atoms with E-state index in [1.807, 2.05) is 0 Å². The molecule has 1 aromatic rings. The normalized spacial score (nSPS) is 14.4. The molecule has 0 amide bonds. The predicted octanol–water partition coefficient (Wildman–Crippen LogP) is 5.02. The van der Waals surface area contributed by atoms with Crippen molar-refractivity contribution in [2.45, 2.75) is 52.9 Å². The zero-order valence-electron chi connectivity index (χ0n) is 11.7. The largest absolute Gasteiger partial charge is 0.493 e. The van der Waals surface area contributed by atoms with Gasteiger partial charge in [0.2, 0.25) is 0 Å². The fourth-order valence-corrected chi connectivity index (χ4v) is 1.94. The van der Waals surface area contributed by atoms with Gasteiger partial charge in [0.15, 0.2) is 0 Å². The van der Waals surface area contributed by atoms with Crippen molar-refractivity contribution < 1.29 is 4.74 Å². The Bertz CT molecular complexity index is 302. The molecule has 0 N–H and O–H groups in total. The van der Waals surface area contributed by atoms with E-state index < -0.39 is 0 Å². The summed E-state index contributed by atoms with van der Waals surface area (Å²) in [5, 5.41) is 0. The topological polar surface area (TPSA) is 9.23 Å². The summed E-state index contributed by atoms with van der Waals surface area (Å²) in [6, 6.07) is 8.57. The highest BCUT2D eigenvalue weighted by atomic mass is 16.5. The molecular weight excluding hydrogens is 208 g/mol. The van der Waals surface area contributed by atoms with E-state index in [1.54, 1.807) is 0 Å². The molecule has 0 radical (unpaired) electrons. The highest BCUT2D eigenvalue weighted by molar-refractivity contribution is 5.29. The van der Waals surface area contributed by atoms with Gasteiger partial charge in [0.05, 0.1) is 6.61 Å². The Labute approximate surface area is 106 Å². The van der Waals surface area contributed by atoms with Crippen LogP contribution in [0, 0.1) is 5.92 Å². The van der Waals surface area contributed by atoms with E-state index >= 15 is 0 Å². The molecule has 0 saturated heterocycles. The second-order valence-corrected chi connectivity index (χ2v) is 5.08. The fourth-order valence-electron chi connectivity index (χ4n) is 1.94. The van der Waals surface area contributed by atoms with Crippen molar-refractivity contribution in [1.82, 2.24) is 0 Å². The van der Waals surface area contributed by atoms with E-state index in [4.69, 9.17) is 4.74 Å². The molecule has 0 fully saturated rings. The number of rotatable bonds is 7. The molecule has 2 atom stereocenters. The van der Waals surface area contributed by atoms with Crippen molar-refractivity contribution in [1.29, 1.82) is 0 Å². The molecule has 1 aromatic carbocycles. The second kappa shape index (κ2) is 7.37. The van der Waals surface area contributed by atoms with Gasteiger partial charge in [-0.2, -0.15) is 0 Å². The summed E-state index contributed by atoms with van der Waals surface area (Å²) in [7, 11) is 0. The average Bonchev–Trinajstić information content (AvgIpc) is 2.36. The molecule has 0 aliphatic rings. The first-order chi connectivity index (χ1) is 8.17. The zero-order valence-corrected chi connectivity index (χ0v) is 11.7. The van der Waals surface area contributed by atoms with Crippen molar-refractivity contribution in [2.24, 2.45) is 5.92 Å². The van der Waals surface area contributed by atoms with Crippen LogP contribution < -0.4 is 4.74 Å². The van der Waals surface area contributed by atoms with Crippen LogP contribution in [0.25, 0.3) is 0 Å². The molecule has 2 unspecified atom stereocenters. The van der Waals surface area contributed by atoms with Crippen LogP contribution in [-0.4, -0.2) is 6.61 Å². The van der Waals surface area contributed by atoms with Crippen molar-refractivity contribution in [3.05, 3.63) is 29.8 Å². The molecule has 0 spiro atoms. The quantitative estimate of drug-likeness (QED) is 0.644. The average molecular weight is 234 g/mol. The van der Waals surface area contributed by atoms with E-state index in [0.717, 1.165) is 12.4 Å². The van der Waals surface area contributed by atoms with Gasteiger partial charge in [-0.15, -0.1) is 0 Å². The molecule has 1 rings (SSSR count). The maximum atomic E-state index is 5.79. The molecule has 1 nitrogen and oxygen atoms in total. The third-order valence-electron chi connectivity index (χ3n) is 3.38.